The summed E-state index contributed by atoms with van der Waals surface area (Å²) in [6.45, 7) is 3.08. The van der Waals surface area contributed by atoms with Gasteiger partial charge in [-0.2, -0.15) is 4.31 Å². The van der Waals surface area contributed by atoms with Crippen molar-refractivity contribution < 1.29 is 13.3 Å². The lowest BCUT2D eigenvalue weighted by Gasteiger charge is -2.33. The smallest absolute Gasteiger partial charge is 0.293 e. The number of piperidine rings is 2. The molecule has 0 aliphatic carbocycles. The van der Waals surface area contributed by atoms with Gasteiger partial charge in [0.1, 0.15) is 5.69 Å². The number of sulfonamides is 1. The van der Waals surface area contributed by atoms with Crippen LogP contribution in [0.4, 0.5) is 11.4 Å². The molecule has 4 rings (SSSR count). The molecule has 0 N–H and O–H groups in total. The lowest BCUT2D eigenvalue weighted by atomic mass is 9.96. The van der Waals surface area contributed by atoms with Crippen molar-refractivity contribution in [2.24, 2.45) is 5.92 Å². The highest BCUT2D eigenvalue weighted by molar-refractivity contribution is 7.89. The van der Waals surface area contributed by atoms with Crippen LogP contribution in [0.1, 0.15) is 32.1 Å². The lowest BCUT2D eigenvalue weighted by Crippen LogP contribution is -2.36. The van der Waals surface area contributed by atoms with Crippen molar-refractivity contribution in [3.63, 3.8) is 0 Å². The summed E-state index contributed by atoms with van der Waals surface area (Å²) in [5, 5.41) is 19.6. The fourth-order valence-corrected chi connectivity index (χ4v) is 5.82. The molecule has 2 aliphatic rings. The maximum Gasteiger partial charge on any atom is 0.293 e. The van der Waals surface area contributed by atoms with Gasteiger partial charge in [-0.15, -0.1) is 5.10 Å². The molecular formula is C19H26N6O4S. The molecule has 0 radical (unpaired) electrons. The average Bonchev–Trinajstić information content (AvgIpc) is 3.27. The second kappa shape index (κ2) is 8.68. The molecule has 0 atom stereocenters. The van der Waals surface area contributed by atoms with E-state index in [0.717, 1.165) is 38.6 Å². The molecule has 30 heavy (non-hydrogen) atoms. The van der Waals surface area contributed by atoms with Gasteiger partial charge in [-0.3, -0.25) is 14.8 Å². The number of nitro groups is 1. The molecule has 3 heterocycles. The highest BCUT2D eigenvalue weighted by Gasteiger charge is 2.30. The van der Waals surface area contributed by atoms with Crippen LogP contribution < -0.4 is 4.90 Å². The van der Waals surface area contributed by atoms with Crippen molar-refractivity contribution >= 4 is 21.4 Å². The first-order valence-electron chi connectivity index (χ1n) is 10.3. The third kappa shape index (κ3) is 4.31. The minimum absolute atomic E-state index is 0.000850. The van der Waals surface area contributed by atoms with Gasteiger partial charge >= 0.3 is 0 Å². The summed E-state index contributed by atoms with van der Waals surface area (Å²) in [4.78, 5) is 13.2. The minimum Gasteiger partial charge on any atom is -0.366 e. The van der Waals surface area contributed by atoms with E-state index in [9.17, 15) is 18.5 Å². The quantitative estimate of drug-likeness (QED) is 0.506. The molecule has 0 spiro atoms. The Kier molecular flexibility index (Phi) is 6.00. The summed E-state index contributed by atoms with van der Waals surface area (Å²) < 4.78 is 29.1. The summed E-state index contributed by atoms with van der Waals surface area (Å²) in [5.41, 5.74) is 0.333. The SMILES string of the molecule is O=[N+]([O-])c1cc(S(=O)(=O)N2CCCCC2)ccc1N1CCC(Cn2ccnn2)CC1. The summed E-state index contributed by atoms with van der Waals surface area (Å²) in [6, 6.07) is 4.32. The Hall–Kier alpha value is -2.53. The van der Waals surface area contributed by atoms with Crippen molar-refractivity contribution in [3.8, 4) is 0 Å². The molecule has 0 saturated carbocycles. The van der Waals surface area contributed by atoms with Gasteiger partial charge in [-0.05, 0) is 43.7 Å². The van der Waals surface area contributed by atoms with E-state index in [0.29, 0.717) is 37.8 Å². The molecule has 10 nitrogen and oxygen atoms in total. The monoisotopic (exact) mass is 434 g/mol. The highest BCUT2D eigenvalue weighted by Crippen LogP contribution is 2.34. The van der Waals surface area contributed by atoms with E-state index in [2.05, 4.69) is 10.3 Å². The normalized spacial score (nSPS) is 19.1. The van der Waals surface area contributed by atoms with Crippen LogP contribution in [-0.4, -0.2) is 58.8 Å². The second-order valence-electron chi connectivity index (χ2n) is 7.93. The van der Waals surface area contributed by atoms with Crippen molar-refractivity contribution in [2.75, 3.05) is 31.1 Å². The Morgan fingerprint density at radius 1 is 1.10 bits per heavy atom. The maximum absolute atomic E-state index is 12.9. The van der Waals surface area contributed by atoms with E-state index in [-0.39, 0.29) is 10.6 Å². The Morgan fingerprint density at radius 3 is 2.47 bits per heavy atom. The molecule has 1 aromatic carbocycles. The van der Waals surface area contributed by atoms with Crippen LogP contribution >= 0.6 is 0 Å². The summed E-state index contributed by atoms with van der Waals surface area (Å²) in [6.07, 6.45) is 7.90. The van der Waals surface area contributed by atoms with Gasteiger partial charge in [-0.1, -0.05) is 11.6 Å². The van der Waals surface area contributed by atoms with Crippen molar-refractivity contribution in [1.82, 2.24) is 19.3 Å². The Labute approximate surface area is 175 Å². The van der Waals surface area contributed by atoms with Gasteiger partial charge in [0.15, 0.2) is 0 Å². The fraction of sp³-hybridized carbons (Fsp3) is 0.579. The number of benzene rings is 1. The summed E-state index contributed by atoms with van der Waals surface area (Å²) in [5.74, 6) is 0.431. The van der Waals surface area contributed by atoms with E-state index >= 15 is 0 Å². The maximum atomic E-state index is 12.9. The first kappa shape index (κ1) is 20.7. The molecule has 2 aromatic rings. The topological polar surface area (TPSA) is 114 Å². The zero-order valence-corrected chi connectivity index (χ0v) is 17.6. The van der Waals surface area contributed by atoms with Gasteiger partial charge < -0.3 is 4.90 Å². The predicted molar refractivity (Wildman–Crippen MR) is 111 cm³/mol. The van der Waals surface area contributed by atoms with Gasteiger partial charge in [-0.25, -0.2) is 8.42 Å². The third-order valence-corrected chi connectivity index (χ3v) is 7.86. The van der Waals surface area contributed by atoms with Gasteiger partial charge in [0, 0.05) is 45.0 Å². The van der Waals surface area contributed by atoms with Crippen LogP contribution in [0.2, 0.25) is 0 Å². The molecule has 2 aliphatic heterocycles. The van der Waals surface area contributed by atoms with E-state index in [4.69, 9.17) is 0 Å². The van der Waals surface area contributed by atoms with Crippen LogP contribution in [0.25, 0.3) is 0 Å². The number of aromatic nitrogens is 3. The number of rotatable bonds is 6. The van der Waals surface area contributed by atoms with Gasteiger partial charge in [0.2, 0.25) is 10.0 Å². The number of nitrogens with zero attached hydrogens (tertiary/aromatic N) is 6. The van der Waals surface area contributed by atoms with Gasteiger partial charge in [0.05, 0.1) is 16.0 Å². The first-order valence-corrected chi connectivity index (χ1v) is 11.8. The Balaban J connectivity index is 1.51. The fourth-order valence-electron chi connectivity index (χ4n) is 4.28. The average molecular weight is 435 g/mol. The van der Waals surface area contributed by atoms with Crippen molar-refractivity contribution in [3.05, 3.63) is 40.7 Å². The molecule has 0 unspecified atom stereocenters. The van der Waals surface area contributed by atoms with Crippen LogP contribution in [0.5, 0.6) is 0 Å². The largest absolute Gasteiger partial charge is 0.366 e. The number of hydrogen-bond donors (Lipinski definition) is 0. The number of anilines is 1. The molecule has 0 amide bonds. The molecule has 162 valence electrons. The third-order valence-electron chi connectivity index (χ3n) is 5.97. The van der Waals surface area contributed by atoms with Crippen LogP contribution in [-0.2, 0) is 16.6 Å². The zero-order chi connectivity index (χ0) is 21.1. The summed E-state index contributed by atoms with van der Waals surface area (Å²) >= 11 is 0. The second-order valence-corrected chi connectivity index (χ2v) is 9.87. The van der Waals surface area contributed by atoms with Crippen molar-refractivity contribution in [2.45, 2.75) is 43.5 Å². The lowest BCUT2D eigenvalue weighted by molar-refractivity contribution is -0.384. The number of nitro benzene ring substituents is 1. The van der Waals surface area contributed by atoms with Crippen LogP contribution in [0.15, 0.2) is 35.5 Å². The predicted octanol–water partition coefficient (Wildman–Crippen LogP) is 2.28. The standard InChI is InChI=1S/C19H26N6O4S/c26-25(27)19-14-17(30(28,29)24-9-2-1-3-10-24)4-5-18(19)22-11-6-16(7-12-22)15-23-13-8-20-21-23/h4-5,8,13-14,16H,1-3,6-7,9-12,15H2. The minimum atomic E-state index is -3.71. The molecule has 1 aromatic heterocycles. The number of hydrogen-bond acceptors (Lipinski definition) is 7. The van der Waals surface area contributed by atoms with Crippen LogP contribution in [0, 0.1) is 16.0 Å². The van der Waals surface area contributed by atoms with Crippen LogP contribution in [0.3, 0.4) is 0 Å². The molecule has 0 bridgehead atoms. The highest BCUT2D eigenvalue weighted by atomic mass is 32.2. The Bertz CT molecular complexity index is 980. The van der Waals surface area contributed by atoms with Gasteiger partial charge in [0.25, 0.3) is 5.69 Å². The molecule has 11 heteroatoms. The molecule has 2 saturated heterocycles. The van der Waals surface area contributed by atoms with E-state index < -0.39 is 14.9 Å². The zero-order valence-electron chi connectivity index (χ0n) is 16.8. The Morgan fingerprint density at radius 2 is 1.83 bits per heavy atom. The van der Waals surface area contributed by atoms with E-state index in [1.807, 2.05) is 15.8 Å². The van der Waals surface area contributed by atoms with E-state index in [1.54, 1.807) is 12.3 Å². The molecule has 2 fully saturated rings. The molecular weight excluding hydrogens is 408 g/mol. The van der Waals surface area contributed by atoms with Crippen molar-refractivity contribution in [1.29, 1.82) is 0 Å². The first-order chi connectivity index (χ1) is 14.4. The van der Waals surface area contributed by atoms with E-state index in [1.165, 1.54) is 16.4 Å². The summed E-state index contributed by atoms with van der Waals surface area (Å²) in [7, 11) is -3.71.